The van der Waals surface area contributed by atoms with Crippen LogP contribution < -0.4 is 8.92 Å². The second-order valence-electron chi connectivity index (χ2n) is 5.36. The van der Waals surface area contributed by atoms with Crippen molar-refractivity contribution in [1.82, 2.24) is 0 Å². The van der Waals surface area contributed by atoms with Gasteiger partial charge in [-0.25, -0.2) is 0 Å². The van der Waals surface area contributed by atoms with Gasteiger partial charge in [-0.15, -0.1) is 0 Å². The highest BCUT2D eigenvalue weighted by molar-refractivity contribution is 9.11. The molecule has 0 amide bonds. The average Bonchev–Trinajstić information content (AvgIpc) is 2.61. The van der Waals surface area contributed by atoms with Crippen LogP contribution in [0.3, 0.4) is 0 Å². The predicted octanol–water partition coefficient (Wildman–Crippen LogP) is 5.56. The monoisotopic (exact) mass is 496 g/mol. The van der Waals surface area contributed by atoms with Gasteiger partial charge in [0.2, 0.25) is 0 Å². The molecule has 0 radical (unpaired) electrons. The topological polar surface area (TPSA) is 52.6 Å². The van der Waals surface area contributed by atoms with Gasteiger partial charge >= 0.3 is 10.1 Å². The molecule has 0 aromatic heterocycles. The molecule has 0 saturated carbocycles. The lowest BCUT2D eigenvalue weighted by Crippen LogP contribution is -2.10. The van der Waals surface area contributed by atoms with Gasteiger partial charge in [-0.1, -0.05) is 46.3 Å². The highest BCUT2D eigenvalue weighted by Crippen LogP contribution is 2.29. The van der Waals surface area contributed by atoms with E-state index in [9.17, 15) is 8.42 Å². The Hall–Kier alpha value is -1.83. The summed E-state index contributed by atoms with van der Waals surface area (Å²) in [6, 6.07) is 21.0. The summed E-state index contributed by atoms with van der Waals surface area (Å²) >= 11 is 6.53. The Morgan fingerprint density at radius 1 is 0.808 bits per heavy atom. The van der Waals surface area contributed by atoms with Crippen molar-refractivity contribution in [2.45, 2.75) is 11.5 Å². The van der Waals surface area contributed by atoms with E-state index in [0.29, 0.717) is 16.8 Å². The molecule has 0 heterocycles. The molecule has 7 heteroatoms. The molecule has 0 N–H and O–H groups in total. The maximum Gasteiger partial charge on any atom is 0.340 e. The number of rotatable bonds is 6. The Morgan fingerprint density at radius 3 is 2.12 bits per heavy atom. The van der Waals surface area contributed by atoms with Gasteiger partial charge < -0.3 is 8.92 Å². The summed E-state index contributed by atoms with van der Waals surface area (Å²) in [7, 11) is -3.94. The molecule has 0 aliphatic carbocycles. The van der Waals surface area contributed by atoms with Crippen molar-refractivity contribution < 1.29 is 17.3 Å². The van der Waals surface area contributed by atoms with E-state index in [1.54, 1.807) is 36.4 Å². The smallest absolute Gasteiger partial charge is 0.340 e. The highest BCUT2D eigenvalue weighted by Gasteiger charge is 2.20. The van der Waals surface area contributed by atoms with Crippen LogP contribution in [0.15, 0.2) is 86.6 Å². The molecule has 0 bridgehead atoms. The van der Waals surface area contributed by atoms with E-state index in [-0.39, 0.29) is 10.6 Å². The number of hydrogen-bond donors (Lipinski definition) is 0. The van der Waals surface area contributed by atoms with Crippen LogP contribution in [-0.2, 0) is 16.7 Å². The summed E-state index contributed by atoms with van der Waals surface area (Å²) in [6.07, 6.45) is 0. The first-order valence-corrected chi connectivity index (χ1v) is 10.6. The van der Waals surface area contributed by atoms with E-state index in [4.69, 9.17) is 8.92 Å². The maximum absolute atomic E-state index is 12.4. The second-order valence-corrected chi connectivity index (χ2v) is 8.64. The predicted molar refractivity (Wildman–Crippen MR) is 107 cm³/mol. The quantitative estimate of drug-likeness (QED) is 0.418. The van der Waals surface area contributed by atoms with E-state index in [1.807, 2.05) is 30.3 Å². The Balaban J connectivity index is 1.68. The summed E-state index contributed by atoms with van der Waals surface area (Å²) < 4.78 is 36.9. The zero-order chi connectivity index (χ0) is 18.6. The first-order chi connectivity index (χ1) is 12.4. The Bertz CT molecular complexity index is 988. The third-order valence-corrected chi connectivity index (χ3v) is 6.16. The fourth-order valence-electron chi connectivity index (χ4n) is 2.18. The van der Waals surface area contributed by atoms with Crippen LogP contribution in [0.1, 0.15) is 5.56 Å². The van der Waals surface area contributed by atoms with Gasteiger partial charge in [0.05, 0.1) is 0 Å². The molecule has 3 aromatic rings. The maximum atomic E-state index is 12.4. The molecule has 0 spiro atoms. The van der Waals surface area contributed by atoms with Crippen molar-refractivity contribution in [1.29, 1.82) is 0 Å². The fraction of sp³-hybridized carbons (Fsp3) is 0.0526. The normalized spacial score (nSPS) is 11.2. The van der Waals surface area contributed by atoms with Crippen molar-refractivity contribution in [3.05, 3.63) is 87.3 Å². The third-order valence-electron chi connectivity index (χ3n) is 3.44. The lowest BCUT2D eigenvalue weighted by atomic mass is 10.2. The van der Waals surface area contributed by atoms with E-state index < -0.39 is 10.1 Å². The molecule has 3 aromatic carbocycles. The summed E-state index contributed by atoms with van der Waals surface area (Å²) in [6.45, 7) is 0.436. The first kappa shape index (κ1) is 18.9. The van der Waals surface area contributed by atoms with Crippen LogP contribution in [-0.4, -0.2) is 8.42 Å². The zero-order valence-electron chi connectivity index (χ0n) is 13.4. The molecular weight excluding hydrogens is 484 g/mol. The molecule has 0 saturated heterocycles. The van der Waals surface area contributed by atoms with Crippen LogP contribution >= 0.6 is 31.9 Å². The Labute approximate surface area is 169 Å². The number of benzene rings is 3. The van der Waals surface area contributed by atoms with Crippen molar-refractivity contribution in [3.63, 3.8) is 0 Å². The molecule has 0 fully saturated rings. The molecule has 0 unspecified atom stereocenters. The van der Waals surface area contributed by atoms with Crippen molar-refractivity contribution in [2.24, 2.45) is 0 Å². The largest absolute Gasteiger partial charge is 0.489 e. The third kappa shape index (κ3) is 4.87. The van der Waals surface area contributed by atoms with Gasteiger partial charge in [0, 0.05) is 8.95 Å². The van der Waals surface area contributed by atoms with Gasteiger partial charge in [0.15, 0.2) is 0 Å². The van der Waals surface area contributed by atoms with Crippen molar-refractivity contribution in [3.8, 4) is 11.5 Å². The lowest BCUT2D eigenvalue weighted by molar-refractivity contribution is 0.306. The van der Waals surface area contributed by atoms with Crippen LogP contribution in [0.2, 0.25) is 0 Å². The minimum atomic E-state index is -3.94. The van der Waals surface area contributed by atoms with Crippen molar-refractivity contribution >= 4 is 42.0 Å². The van der Waals surface area contributed by atoms with E-state index in [1.165, 1.54) is 6.07 Å². The number of halogens is 2. The van der Waals surface area contributed by atoms with Crippen LogP contribution in [0.5, 0.6) is 11.5 Å². The van der Waals surface area contributed by atoms with Crippen LogP contribution in [0.25, 0.3) is 0 Å². The summed E-state index contributed by atoms with van der Waals surface area (Å²) in [5.41, 5.74) is 1.05. The molecule has 0 aliphatic heterocycles. The molecule has 134 valence electrons. The van der Waals surface area contributed by atoms with Gasteiger partial charge in [-0.05, 0) is 64.0 Å². The van der Waals surface area contributed by atoms with E-state index in [2.05, 4.69) is 31.9 Å². The summed E-state index contributed by atoms with van der Waals surface area (Å²) in [5.74, 6) is 0.843. The van der Waals surface area contributed by atoms with Gasteiger partial charge in [-0.3, -0.25) is 0 Å². The summed E-state index contributed by atoms with van der Waals surface area (Å²) in [5, 5.41) is 0. The minimum absolute atomic E-state index is 0.0603. The molecule has 4 nitrogen and oxygen atoms in total. The average molecular weight is 498 g/mol. The van der Waals surface area contributed by atoms with E-state index in [0.717, 1.165) is 10.0 Å². The fourth-order valence-corrected chi connectivity index (χ4v) is 4.81. The standard InChI is InChI=1S/C19H14Br2O4S/c20-15-6-11-19(18(21)12-15)26(22,23)25-17-9-7-16(8-10-17)24-13-14-4-2-1-3-5-14/h1-12H,13H2. The highest BCUT2D eigenvalue weighted by atomic mass is 79.9. The molecular formula is C19H14Br2O4S. The summed E-state index contributed by atoms with van der Waals surface area (Å²) in [4.78, 5) is 0.0603. The second kappa shape index (κ2) is 8.24. The minimum Gasteiger partial charge on any atom is -0.489 e. The van der Waals surface area contributed by atoms with Gasteiger partial charge in [0.1, 0.15) is 23.0 Å². The zero-order valence-corrected chi connectivity index (χ0v) is 17.4. The molecule has 0 atom stereocenters. The Kier molecular flexibility index (Phi) is 6.01. The lowest BCUT2D eigenvalue weighted by Gasteiger charge is -2.10. The van der Waals surface area contributed by atoms with Gasteiger partial charge in [-0.2, -0.15) is 8.42 Å². The molecule has 26 heavy (non-hydrogen) atoms. The SMILES string of the molecule is O=S(=O)(Oc1ccc(OCc2ccccc2)cc1)c1ccc(Br)cc1Br. The van der Waals surface area contributed by atoms with Crippen LogP contribution in [0.4, 0.5) is 0 Å². The van der Waals surface area contributed by atoms with Crippen molar-refractivity contribution in [2.75, 3.05) is 0 Å². The van der Waals surface area contributed by atoms with Crippen LogP contribution in [0, 0.1) is 0 Å². The number of hydrogen-bond acceptors (Lipinski definition) is 4. The number of ether oxygens (including phenoxy) is 1. The molecule has 3 rings (SSSR count). The van der Waals surface area contributed by atoms with E-state index >= 15 is 0 Å². The van der Waals surface area contributed by atoms with Gasteiger partial charge in [0.25, 0.3) is 0 Å². The first-order valence-electron chi connectivity index (χ1n) is 7.60. The molecule has 0 aliphatic rings. The Morgan fingerprint density at radius 2 is 1.46 bits per heavy atom.